The summed E-state index contributed by atoms with van der Waals surface area (Å²) in [5.74, 6) is 1.84. The van der Waals surface area contributed by atoms with Crippen LogP contribution in [0, 0.1) is 24.4 Å². The minimum absolute atomic E-state index is 0.239. The Balaban J connectivity index is 0.000000175. The van der Waals surface area contributed by atoms with Crippen LogP contribution in [-0.2, 0) is 8.47 Å². The zero-order chi connectivity index (χ0) is 44.7. The van der Waals surface area contributed by atoms with Crippen LogP contribution < -0.4 is 0 Å². The Kier molecular flexibility index (Phi) is 21.6. The molecule has 9 rings (SSSR count). The van der Waals surface area contributed by atoms with E-state index in [0.29, 0.717) is 37.8 Å². The number of allylic oxidation sites excluding steroid dienone is 2. The fourth-order valence-electron chi connectivity index (χ4n) is 12.4. The molecular formula is C58H81I2N2PRu. The first-order chi connectivity index (χ1) is 31.3. The molecule has 6 heteroatoms. The van der Waals surface area contributed by atoms with Crippen molar-refractivity contribution in [2.45, 2.75) is 197 Å². The van der Waals surface area contributed by atoms with E-state index in [2.05, 4.69) is 197 Å². The molecule has 350 valence electrons. The maximum absolute atomic E-state index is 4.07. The van der Waals surface area contributed by atoms with Crippen LogP contribution in [-0.4, -0.2) is 43.5 Å². The van der Waals surface area contributed by atoms with Gasteiger partial charge in [0, 0.05) is 12.1 Å². The van der Waals surface area contributed by atoms with Crippen LogP contribution in [0.4, 0.5) is 0 Å². The molecule has 0 bridgehead atoms. The van der Waals surface area contributed by atoms with Gasteiger partial charge in [-0.2, -0.15) is 0 Å². The summed E-state index contributed by atoms with van der Waals surface area (Å²) in [6, 6.07) is 34.2. The van der Waals surface area contributed by atoms with E-state index >= 15 is 0 Å². The van der Waals surface area contributed by atoms with Crippen LogP contribution in [0.2, 0.25) is 0 Å². The third kappa shape index (κ3) is 14.3. The first-order valence-corrected chi connectivity index (χ1v) is 38.6. The van der Waals surface area contributed by atoms with E-state index in [9.17, 15) is 0 Å². The van der Waals surface area contributed by atoms with Crippen LogP contribution in [0.3, 0.4) is 0 Å². The molecule has 1 saturated heterocycles. The number of nitrogens with zero attached hydrogens (tertiary/aromatic N) is 2. The van der Waals surface area contributed by atoms with Gasteiger partial charge in [0.2, 0.25) is 0 Å². The van der Waals surface area contributed by atoms with E-state index in [4.69, 9.17) is 0 Å². The second kappa shape index (κ2) is 27.0. The van der Waals surface area contributed by atoms with Gasteiger partial charge in [-0.3, -0.25) is 9.80 Å². The van der Waals surface area contributed by atoms with Crippen molar-refractivity contribution in [1.29, 1.82) is 0 Å². The predicted octanol–water partition coefficient (Wildman–Crippen LogP) is 17.8. The summed E-state index contributed by atoms with van der Waals surface area (Å²) in [4.78, 5) is 5.26. The van der Waals surface area contributed by atoms with Gasteiger partial charge in [0.25, 0.3) is 0 Å². The zero-order valence-electron chi connectivity index (χ0n) is 39.8. The predicted molar refractivity (Wildman–Crippen MR) is 294 cm³/mol. The third-order valence-corrected chi connectivity index (χ3v) is 23.1. The number of hydrogen-bond donors (Lipinski definition) is 0. The summed E-state index contributed by atoms with van der Waals surface area (Å²) in [6.07, 6.45) is 37.2. The van der Waals surface area contributed by atoms with Gasteiger partial charge in [0.05, 0.1) is 12.1 Å². The topological polar surface area (TPSA) is 6.48 Å². The van der Waals surface area contributed by atoms with Crippen molar-refractivity contribution in [2.75, 3.05) is 0 Å². The van der Waals surface area contributed by atoms with Crippen molar-refractivity contribution in [3.05, 3.63) is 138 Å². The molecule has 3 aromatic carbocycles. The Hall–Kier alpha value is -0.557. The fraction of sp³-hybridized carbons (Fsp3) is 0.586. The first-order valence-electron chi connectivity index (χ1n) is 25.7. The summed E-state index contributed by atoms with van der Waals surface area (Å²) in [7, 11) is -0.235. The van der Waals surface area contributed by atoms with Crippen LogP contribution in [0.25, 0.3) is 0 Å². The number of hydrogen-bond acceptors (Lipinski definition) is 2. The van der Waals surface area contributed by atoms with Gasteiger partial charge in [-0.1, -0.05) is 178 Å². The first kappa shape index (κ1) is 51.3. The Morgan fingerprint density at radius 2 is 1.06 bits per heavy atom. The van der Waals surface area contributed by atoms with Crippen molar-refractivity contribution < 1.29 is 8.47 Å². The molecular weight excluding hydrogens is 1110 g/mol. The molecule has 0 amide bonds. The van der Waals surface area contributed by atoms with Crippen LogP contribution in [0.1, 0.15) is 185 Å². The number of rotatable bonds is 10. The zero-order valence-corrected chi connectivity index (χ0v) is 46.8. The molecule has 4 fully saturated rings. The van der Waals surface area contributed by atoms with Gasteiger partial charge in [-0.25, -0.2) is 0 Å². The molecule has 1 aliphatic heterocycles. The Morgan fingerprint density at radius 1 is 0.578 bits per heavy atom. The molecule has 64 heavy (non-hydrogen) atoms. The minimum atomic E-state index is -0.619. The van der Waals surface area contributed by atoms with Crippen molar-refractivity contribution in [3.63, 3.8) is 0 Å². The van der Waals surface area contributed by atoms with Crippen molar-refractivity contribution in [1.82, 2.24) is 9.80 Å². The molecule has 3 unspecified atom stereocenters. The van der Waals surface area contributed by atoms with Gasteiger partial charge in [-0.15, -0.1) is 0 Å². The van der Waals surface area contributed by atoms with E-state index in [1.165, 1.54) is 85.0 Å². The molecule has 6 aliphatic rings. The summed E-state index contributed by atoms with van der Waals surface area (Å²) in [5.41, 5.74) is 9.32. The SMILES string of the molecule is C1CCC(P(C2CCCCC2)C2CCCCC2)CC1.CC(C)C1=CCCCC1N1[C]N(C2C=CCCC2C(C)C)[C@H](c2ccccc2)[C@H]1c1ccccc1.[I][Ru]([I])=[CH]c1ccccc1. The molecule has 2 radical (unpaired) electrons. The average Bonchev–Trinajstić information content (AvgIpc) is 3.74. The summed E-state index contributed by atoms with van der Waals surface area (Å²) >= 11 is 5.04. The van der Waals surface area contributed by atoms with Crippen LogP contribution >= 0.6 is 47.4 Å². The quantitative estimate of drug-likeness (QED) is 0.0864. The average molecular weight is 1190 g/mol. The Bertz CT molecular complexity index is 1770. The van der Waals surface area contributed by atoms with Crippen molar-refractivity contribution >= 4 is 52.0 Å². The van der Waals surface area contributed by atoms with E-state index in [1.807, 2.05) is 0 Å². The molecule has 0 N–H and O–H groups in total. The van der Waals surface area contributed by atoms with E-state index < -0.39 is 8.47 Å². The maximum atomic E-state index is 4.07. The standard InChI is InChI=1S/C33H42N2.C18H33P.C7H6.2HI.Ru/c1-24(2)28-19-11-13-21-30(28)34-23-35(31-22-14-12-20-29(31)25(3)4)33(27-17-9-6-10-18-27)32(34)26-15-7-5-8-16-26;1-4-10-16(11-5-1)19(17-12-6-2-7-13-17)18-14-8-3-9-15-18;1-7-5-3-2-4-6-7;;;/h5-10,13,15-18,20-21,24-25,28,30-33H,11-12,14,19,22H2,1-4H3;16-18H,1-15H2;1-6H;2*1H;/q;;;;;+2/p-2/t28?,30?,31?,32-,33-;;;;;/m1...../s1. The van der Waals surface area contributed by atoms with Crippen molar-refractivity contribution in [3.8, 4) is 0 Å². The van der Waals surface area contributed by atoms with E-state index in [1.54, 1.807) is 82.6 Å². The molecule has 1 heterocycles. The summed E-state index contributed by atoms with van der Waals surface area (Å²) in [6.45, 7) is 13.6. The molecule has 5 aliphatic carbocycles. The van der Waals surface area contributed by atoms with Gasteiger partial charge in [0.15, 0.2) is 0 Å². The molecule has 2 nitrogen and oxygen atoms in total. The monoisotopic (exact) mass is 1190 g/mol. The molecule has 3 aromatic rings. The fourth-order valence-corrected chi connectivity index (χ4v) is 20.8. The molecule has 3 saturated carbocycles. The van der Waals surface area contributed by atoms with E-state index in [0.717, 1.165) is 0 Å². The van der Waals surface area contributed by atoms with Gasteiger partial charge in [0.1, 0.15) is 6.67 Å². The van der Waals surface area contributed by atoms with Gasteiger partial charge >= 0.3 is 88.5 Å². The second-order valence-electron chi connectivity index (χ2n) is 20.4. The normalized spacial score (nSPS) is 26.8. The van der Waals surface area contributed by atoms with Crippen molar-refractivity contribution in [2.24, 2.45) is 17.8 Å². The van der Waals surface area contributed by atoms with Gasteiger partial charge in [-0.05, 0) is 116 Å². The molecule has 0 spiro atoms. The van der Waals surface area contributed by atoms with Gasteiger partial charge < -0.3 is 0 Å². The second-order valence-corrected chi connectivity index (χ2v) is 43.3. The van der Waals surface area contributed by atoms with E-state index in [-0.39, 0.29) is 12.1 Å². The number of benzene rings is 3. The number of halogens is 2. The van der Waals surface area contributed by atoms with Crippen LogP contribution in [0.15, 0.2) is 115 Å². The summed E-state index contributed by atoms with van der Waals surface area (Å²) in [5, 5.41) is 0. The molecule has 0 aromatic heterocycles. The molecule has 5 atom stereocenters. The third-order valence-electron chi connectivity index (χ3n) is 15.5. The Morgan fingerprint density at radius 3 is 1.53 bits per heavy atom. The van der Waals surface area contributed by atoms with Crippen LogP contribution in [0.5, 0.6) is 0 Å². The summed E-state index contributed by atoms with van der Waals surface area (Å²) < 4.78 is 2.37. The Labute approximate surface area is 419 Å².